The number of methoxy groups -OCH3 is 1. The molecule has 0 aliphatic carbocycles. The average molecular weight is 190 g/mol. The van der Waals surface area contributed by atoms with Crippen molar-refractivity contribution in [3.63, 3.8) is 0 Å². The highest BCUT2D eigenvalue weighted by molar-refractivity contribution is 5.50. The highest BCUT2D eigenvalue weighted by atomic mass is 16.5. The highest BCUT2D eigenvalue weighted by Gasteiger charge is 2.03. The van der Waals surface area contributed by atoms with Crippen LogP contribution in [0.4, 0.5) is 5.69 Å². The number of pyridine rings is 1. The molecule has 14 heavy (non-hydrogen) atoms. The van der Waals surface area contributed by atoms with Crippen molar-refractivity contribution < 1.29 is 4.74 Å². The predicted molar refractivity (Wildman–Crippen MR) is 52.3 cm³/mol. The van der Waals surface area contributed by atoms with Crippen molar-refractivity contribution in [2.24, 2.45) is 0 Å². The van der Waals surface area contributed by atoms with Crippen LogP contribution in [0, 0.1) is 0 Å². The van der Waals surface area contributed by atoms with E-state index in [9.17, 15) is 0 Å². The molecule has 0 aromatic carbocycles. The lowest BCUT2D eigenvalue weighted by Gasteiger charge is -2.05. The van der Waals surface area contributed by atoms with E-state index in [4.69, 9.17) is 10.5 Å². The van der Waals surface area contributed by atoms with Crippen LogP contribution in [0.5, 0.6) is 5.88 Å². The summed E-state index contributed by atoms with van der Waals surface area (Å²) in [7, 11) is 1.53. The van der Waals surface area contributed by atoms with Crippen molar-refractivity contribution in [1.29, 1.82) is 0 Å². The first kappa shape index (κ1) is 8.55. The number of aromatic nitrogens is 3. The third-order valence-corrected chi connectivity index (χ3v) is 1.81. The third-order valence-electron chi connectivity index (χ3n) is 1.81. The number of ether oxygens (including phenoxy) is 1. The van der Waals surface area contributed by atoms with Gasteiger partial charge in [0.2, 0.25) is 5.88 Å². The van der Waals surface area contributed by atoms with Crippen molar-refractivity contribution in [2.75, 3.05) is 12.8 Å². The molecule has 0 bridgehead atoms. The maximum atomic E-state index is 5.64. The maximum absolute atomic E-state index is 5.64. The normalized spacial score (nSPS) is 10.1. The van der Waals surface area contributed by atoms with E-state index in [-0.39, 0.29) is 0 Å². The molecule has 0 radical (unpaired) electrons. The molecule has 0 unspecified atom stereocenters. The zero-order valence-corrected chi connectivity index (χ0v) is 7.71. The van der Waals surface area contributed by atoms with Gasteiger partial charge in [-0.05, 0) is 18.2 Å². The fraction of sp³-hybridized carbons (Fsp3) is 0.111. The van der Waals surface area contributed by atoms with Crippen molar-refractivity contribution in [3.8, 4) is 11.7 Å². The Kier molecular flexibility index (Phi) is 2.06. The molecule has 2 aromatic heterocycles. The monoisotopic (exact) mass is 190 g/mol. The number of nitrogens with two attached hydrogens (primary N) is 1. The number of hydrogen-bond donors (Lipinski definition) is 1. The Bertz CT molecular complexity index is 424. The third kappa shape index (κ3) is 1.39. The SMILES string of the molecule is COc1nc(-n2cccn2)ccc1N. The van der Waals surface area contributed by atoms with Crippen LogP contribution in [0.25, 0.3) is 5.82 Å². The van der Waals surface area contributed by atoms with Crippen molar-refractivity contribution in [1.82, 2.24) is 14.8 Å². The summed E-state index contributed by atoms with van der Waals surface area (Å²) < 4.78 is 6.65. The molecule has 0 aliphatic rings. The second-order valence-corrected chi connectivity index (χ2v) is 2.72. The summed E-state index contributed by atoms with van der Waals surface area (Å²) in [5.74, 6) is 1.10. The van der Waals surface area contributed by atoms with Crippen molar-refractivity contribution in [3.05, 3.63) is 30.6 Å². The zero-order chi connectivity index (χ0) is 9.97. The fourth-order valence-corrected chi connectivity index (χ4v) is 1.14. The van der Waals surface area contributed by atoms with Gasteiger partial charge >= 0.3 is 0 Å². The summed E-state index contributed by atoms with van der Waals surface area (Å²) in [5, 5.41) is 4.05. The summed E-state index contributed by atoms with van der Waals surface area (Å²) in [6.07, 6.45) is 3.49. The van der Waals surface area contributed by atoms with E-state index in [0.717, 1.165) is 0 Å². The molecule has 0 atom stereocenters. The van der Waals surface area contributed by atoms with Gasteiger partial charge in [0, 0.05) is 12.4 Å². The lowest BCUT2D eigenvalue weighted by atomic mass is 10.4. The Balaban J connectivity index is 2.46. The minimum absolute atomic E-state index is 0.415. The van der Waals surface area contributed by atoms with E-state index in [1.54, 1.807) is 29.2 Å². The molecule has 0 saturated carbocycles. The van der Waals surface area contributed by atoms with E-state index in [0.29, 0.717) is 17.4 Å². The second-order valence-electron chi connectivity index (χ2n) is 2.72. The minimum atomic E-state index is 0.415. The van der Waals surface area contributed by atoms with Crippen LogP contribution in [0.2, 0.25) is 0 Å². The molecule has 5 heteroatoms. The van der Waals surface area contributed by atoms with Gasteiger partial charge in [0.05, 0.1) is 12.8 Å². The minimum Gasteiger partial charge on any atom is -0.479 e. The number of nitrogens with zero attached hydrogens (tertiary/aromatic N) is 3. The molecule has 0 amide bonds. The lowest BCUT2D eigenvalue weighted by Crippen LogP contribution is -2.01. The van der Waals surface area contributed by atoms with Gasteiger partial charge in [0.15, 0.2) is 5.82 Å². The maximum Gasteiger partial charge on any atom is 0.238 e. The molecular weight excluding hydrogens is 180 g/mol. The standard InChI is InChI=1S/C9H10N4O/c1-14-9-7(10)3-4-8(12-9)13-6-2-5-11-13/h2-6H,10H2,1H3. The Hall–Kier alpha value is -2.04. The van der Waals surface area contributed by atoms with Crippen molar-refractivity contribution >= 4 is 5.69 Å². The van der Waals surface area contributed by atoms with Crippen LogP contribution in [0.15, 0.2) is 30.6 Å². The first-order valence-corrected chi connectivity index (χ1v) is 4.12. The quantitative estimate of drug-likeness (QED) is 0.762. The zero-order valence-electron chi connectivity index (χ0n) is 7.71. The van der Waals surface area contributed by atoms with Gasteiger partial charge in [0.1, 0.15) is 0 Å². The Morgan fingerprint density at radius 3 is 2.93 bits per heavy atom. The van der Waals surface area contributed by atoms with E-state index in [1.807, 2.05) is 6.07 Å². The van der Waals surface area contributed by atoms with E-state index < -0.39 is 0 Å². The molecule has 2 N–H and O–H groups in total. The van der Waals surface area contributed by atoms with Crippen molar-refractivity contribution in [2.45, 2.75) is 0 Å². The molecule has 0 aliphatic heterocycles. The molecule has 5 nitrogen and oxygen atoms in total. The predicted octanol–water partition coefficient (Wildman–Crippen LogP) is 0.858. The molecule has 0 spiro atoms. The smallest absolute Gasteiger partial charge is 0.238 e. The summed E-state index contributed by atoms with van der Waals surface area (Å²) >= 11 is 0. The number of rotatable bonds is 2. The molecule has 0 saturated heterocycles. The first-order valence-electron chi connectivity index (χ1n) is 4.12. The van der Waals surface area contributed by atoms with Gasteiger partial charge in [-0.2, -0.15) is 10.1 Å². The van der Waals surface area contributed by atoms with Crippen LogP contribution in [0.3, 0.4) is 0 Å². The average Bonchev–Trinajstić information content (AvgIpc) is 2.71. The molecule has 2 heterocycles. The van der Waals surface area contributed by atoms with Crippen LogP contribution < -0.4 is 10.5 Å². The molecule has 72 valence electrons. The summed E-state index contributed by atoms with van der Waals surface area (Å²) in [5.41, 5.74) is 6.15. The van der Waals surface area contributed by atoms with E-state index in [1.165, 1.54) is 7.11 Å². The van der Waals surface area contributed by atoms with Gasteiger partial charge in [-0.1, -0.05) is 0 Å². The summed E-state index contributed by atoms with van der Waals surface area (Å²) in [4.78, 5) is 4.19. The largest absolute Gasteiger partial charge is 0.479 e. The van der Waals surface area contributed by atoms with E-state index in [2.05, 4.69) is 10.1 Å². The van der Waals surface area contributed by atoms with Crippen LogP contribution in [0.1, 0.15) is 0 Å². The Morgan fingerprint density at radius 1 is 1.43 bits per heavy atom. The fourth-order valence-electron chi connectivity index (χ4n) is 1.14. The molecule has 2 rings (SSSR count). The second kappa shape index (κ2) is 3.37. The molecule has 2 aromatic rings. The van der Waals surface area contributed by atoms with Gasteiger partial charge in [0.25, 0.3) is 0 Å². The lowest BCUT2D eigenvalue weighted by molar-refractivity contribution is 0.399. The highest BCUT2D eigenvalue weighted by Crippen LogP contribution is 2.18. The van der Waals surface area contributed by atoms with Gasteiger partial charge in [-0.3, -0.25) is 0 Å². The number of nitrogen functional groups attached to an aromatic ring is 1. The van der Waals surface area contributed by atoms with Crippen LogP contribution >= 0.6 is 0 Å². The van der Waals surface area contributed by atoms with Gasteiger partial charge in [-0.25, -0.2) is 4.68 Å². The topological polar surface area (TPSA) is 66.0 Å². The first-order chi connectivity index (χ1) is 6.81. The Labute approximate surface area is 81.1 Å². The van der Waals surface area contributed by atoms with Crippen LogP contribution in [-0.4, -0.2) is 21.9 Å². The summed E-state index contributed by atoms with van der Waals surface area (Å²) in [6.45, 7) is 0. The number of hydrogen-bond acceptors (Lipinski definition) is 4. The van der Waals surface area contributed by atoms with Gasteiger partial charge < -0.3 is 10.5 Å². The molecular formula is C9H10N4O. The molecule has 0 fully saturated rings. The van der Waals surface area contributed by atoms with E-state index >= 15 is 0 Å². The summed E-state index contributed by atoms with van der Waals surface area (Å²) in [6, 6.07) is 5.35. The Morgan fingerprint density at radius 2 is 2.29 bits per heavy atom. The number of anilines is 1. The van der Waals surface area contributed by atoms with Gasteiger partial charge in [-0.15, -0.1) is 0 Å². The van der Waals surface area contributed by atoms with Crippen LogP contribution in [-0.2, 0) is 0 Å².